The fourth-order valence-corrected chi connectivity index (χ4v) is 2.04. The van der Waals surface area contributed by atoms with E-state index in [1.54, 1.807) is 0 Å². The molecule has 6 nitrogen and oxygen atoms in total. The molecule has 0 bridgehead atoms. The van der Waals surface area contributed by atoms with Gasteiger partial charge in [-0.25, -0.2) is 4.79 Å². The summed E-state index contributed by atoms with van der Waals surface area (Å²) in [5, 5.41) is 1.72. The molecule has 1 N–H and O–H groups in total. The van der Waals surface area contributed by atoms with E-state index in [-0.39, 0.29) is 13.1 Å². The number of alkyl halides is 3. The maximum atomic E-state index is 12.6. The number of aromatic nitrogens is 1. The Morgan fingerprint density at radius 2 is 2.05 bits per heavy atom. The number of imide groups is 1. The van der Waals surface area contributed by atoms with E-state index in [0.717, 1.165) is 4.90 Å². The molecular weight excluding hydrogens is 315 g/mol. The molecule has 1 aromatic rings. The van der Waals surface area contributed by atoms with Crippen LogP contribution in [0.5, 0.6) is 0 Å². The lowest BCUT2D eigenvalue weighted by molar-refractivity contribution is -0.138. The largest absolute Gasteiger partial charge is 0.417 e. The second-order valence-electron chi connectivity index (χ2n) is 4.28. The van der Waals surface area contributed by atoms with Gasteiger partial charge < -0.3 is 9.88 Å². The number of amides is 3. The number of nitrogens with one attached hydrogen (secondary N) is 1. The summed E-state index contributed by atoms with van der Waals surface area (Å²) in [7, 11) is 0. The summed E-state index contributed by atoms with van der Waals surface area (Å²) in [6.07, 6.45) is -4.20. The van der Waals surface area contributed by atoms with E-state index < -0.39 is 40.8 Å². The van der Waals surface area contributed by atoms with Crippen LogP contribution < -0.4 is 10.9 Å². The van der Waals surface area contributed by atoms with Crippen LogP contribution in [0.4, 0.5) is 18.0 Å². The minimum atomic E-state index is -4.70. The molecule has 0 atom stereocenters. The quantitative estimate of drug-likeness (QED) is 0.885. The van der Waals surface area contributed by atoms with Crippen LogP contribution in [-0.4, -0.2) is 34.5 Å². The standard InChI is InChI=1S/C11H9ClF3N3O3/c12-7-3-6(11(13,14)15)4-17(9(7)20)5-8(19)18-2-1-16-10(18)21/h3-4H,1-2,5H2,(H,16,21). The number of nitrogens with zero attached hydrogens (tertiary/aromatic N) is 2. The molecule has 114 valence electrons. The van der Waals surface area contributed by atoms with Gasteiger partial charge in [-0.2, -0.15) is 13.2 Å². The molecule has 1 fully saturated rings. The fraction of sp³-hybridized carbons (Fsp3) is 0.364. The first kappa shape index (κ1) is 15.4. The van der Waals surface area contributed by atoms with Gasteiger partial charge in [-0.1, -0.05) is 11.6 Å². The lowest BCUT2D eigenvalue weighted by atomic mass is 10.2. The molecule has 2 heterocycles. The van der Waals surface area contributed by atoms with Gasteiger partial charge in [-0.3, -0.25) is 14.5 Å². The first-order valence-corrected chi connectivity index (χ1v) is 6.13. The highest BCUT2D eigenvalue weighted by Crippen LogP contribution is 2.29. The summed E-state index contributed by atoms with van der Waals surface area (Å²) in [6, 6.07) is -0.154. The van der Waals surface area contributed by atoms with Gasteiger partial charge in [0.1, 0.15) is 11.6 Å². The monoisotopic (exact) mass is 323 g/mol. The summed E-state index contributed by atoms with van der Waals surface area (Å²) >= 11 is 5.46. The van der Waals surface area contributed by atoms with Gasteiger partial charge in [0.25, 0.3) is 11.5 Å². The van der Waals surface area contributed by atoms with Crippen molar-refractivity contribution >= 4 is 23.5 Å². The van der Waals surface area contributed by atoms with E-state index in [9.17, 15) is 27.6 Å². The van der Waals surface area contributed by atoms with Crippen LogP contribution in [0.3, 0.4) is 0 Å². The van der Waals surface area contributed by atoms with Gasteiger partial charge in [0.15, 0.2) is 0 Å². The summed E-state index contributed by atoms with van der Waals surface area (Å²) in [5.41, 5.74) is -2.08. The Bertz CT molecular complexity index is 656. The lowest BCUT2D eigenvalue weighted by Crippen LogP contribution is -2.38. The molecule has 0 unspecified atom stereocenters. The number of halogens is 4. The van der Waals surface area contributed by atoms with Gasteiger partial charge in [-0.05, 0) is 6.07 Å². The van der Waals surface area contributed by atoms with Crippen molar-refractivity contribution in [2.75, 3.05) is 13.1 Å². The highest BCUT2D eigenvalue weighted by Gasteiger charge is 2.33. The van der Waals surface area contributed by atoms with E-state index in [0.29, 0.717) is 16.8 Å². The molecule has 21 heavy (non-hydrogen) atoms. The summed E-state index contributed by atoms with van der Waals surface area (Å²) in [4.78, 5) is 35.6. The van der Waals surface area contributed by atoms with Crippen molar-refractivity contribution in [3.05, 3.63) is 33.2 Å². The van der Waals surface area contributed by atoms with E-state index >= 15 is 0 Å². The van der Waals surface area contributed by atoms with E-state index in [4.69, 9.17) is 11.6 Å². The van der Waals surface area contributed by atoms with Gasteiger partial charge in [-0.15, -0.1) is 0 Å². The molecule has 1 aliphatic rings. The van der Waals surface area contributed by atoms with Crippen molar-refractivity contribution in [2.45, 2.75) is 12.7 Å². The molecule has 1 aliphatic heterocycles. The summed E-state index contributed by atoms with van der Waals surface area (Å²) in [5.74, 6) is -0.789. The highest BCUT2D eigenvalue weighted by atomic mass is 35.5. The predicted octanol–water partition coefficient (Wildman–Crippen LogP) is 1.07. The molecule has 1 aromatic heterocycles. The van der Waals surface area contributed by atoms with E-state index in [1.807, 2.05) is 0 Å². The number of carbonyl (C=O) groups excluding carboxylic acids is 2. The smallest absolute Gasteiger partial charge is 0.336 e. The predicted molar refractivity (Wildman–Crippen MR) is 65.8 cm³/mol. The Hall–Kier alpha value is -2.03. The minimum Gasteiger partial charge on any atom is -0.336 e. The van der Waals surface area contributed by atoms with E-state index in [1.165, 1.54) is 0 Å². The first-order chi connectivity index (χ1) is 9.70. The molecule has 0 saturated carbocycles. The molecule has 2 rings (SSSR count). The van der Waals surface area contributed by atoms with Crippen LogP contribution in [0.2, 0.25) is 5.02 Å². The normalized spacial score (nSPS) is 15.2. The van der Waals surface area contributed by atoms with Crippen molar-refractivity contribution < 1.29 is 22.8 Å². The molecular formula is C11H9ClF3N3O3. The third-order valence-electron chi connectivity index (χ3n) is 2.83. The Morgan fingerprint density at radius 3 is 2.57 bits per heavy atom. The minimum absolute atomic E-state index is 0.0963. The Morgan fingerprint density at radius 1 is 1.38 bits per heavy atom. The molecule has 0 spiro atoms. The van der Waals surface area contributed by atoms with E-state index in [2.05, 4.69) is 5.32 Å². The lowest BCUT2D eigenvalue weighted by Gasteiger charge is -2.15. The molecule has 3 amide bonds. The third-order valence-corrected chi connectivity index (χ3v) is 3.10. The molecule has 0 radical (unpaired) electrons. The van der Waals surface area contributed by atoms with Crippen LogP contribution >= 0.6 is 11.6 Å². The molecule has 1 saturated heterocycles. The van der Waals surface area contributed by atoms with Crippen molar-refractivity contribution in [2.24, 2.45) is 0 Å². The molecule has 0 aliphatic carbocycles. The van der Waals surface area contributed by atoms with Gasteiger partial charge in [0, 0.05) is 19.3 Å². The molecule has 10 heteroatoms. The molecule has 0 aromatic carbocycles. The number of carbonyl (C=O) groups is 2. The zero-order valence-corrected chi connectivity index (χ0v) is 11.2. The van der Waals surface area contributed by atoms with Gasteiger partial charge >= 0.3 is 12.2 Å². The summed E-state index contributed by atoms with van der Waals surface area (Å²) in [6.45, 7) is -0.349. The van der Waals surface area contributed by atoms with Crippen LogP contribution in [0.1, 0.15) is 5.56 Å². The fourth-order valence-electron chi connectivity index (χ4n) is 1.81. The van der Waals surface area contributed by atoms with Gasteiger partial charge in [0.2, 0.25) is 0 Å². The SMILES string of the molecule is O=C(Cn1cc(C(F)(F)F)cc(Cl)c1=O)N1CCNC1=O. The van der Waals surface area contributed by atoms with Crippen molar-refractivity contribution in [3.8, 4) is 0 Å². The third kappa shape index (κ3) is 3.18. The number of urea groups is 1. The number of hydrogen-bond donors (Lipinski definition) is 1. The van der Waals surface area contributed by atoms with Crippen LogP contribution in [0, 0.1) is 0 Å². The second-order valence-corrected chi connectivity index (χ2v) is 4.69. The van der Waals surface area contributed by atoms with Gasteiger partial charge in [0.05, 0.1) is 5.56 Å². The Kier molecular flexibility index (Phi) is 3.95. The highest BCUT2D eigenvalue weighted by molar-refractivity contribution is 6.30. The maximum absolute atomic E-state index is 12.6. The Labute approximate surface area is 121 Å². The zero-order chi connectivity index (χ0) is 15.8. The number of rotatable bonds is 2. The average molecular weight is 324 g/mol. The topological polar surface area (TPSA) is 71.4 Å². The van der Waals surface area contributed by atoms with Crippen LogP contribution in [0.15, 0.2) is 17.1 Å². The first-order valence-electron chi connectivity index (χ1n) is 5.75. The zero-order valence-electron chi connectivity index (χ0n) is 10.4. The number of pyridine rings is 1. The Balaban J connectivity index is 2.31. The van der Waals surface area contributed by atoms with Crippen molar-refractivity contribution in [1.29, 1.82) is 0 Å². The average Bonchev–Trinajstić information content (AvgIpc) is 2.79. The maximum Gasteiger partial charge on any atom is 0.417 e. The second kappa shape index (κ2) is 5.40. The van der Waals surface area contributed by atoms with Crippen LogP contribution in [-0.2, 0) is 17.5 Å². The van der Waals surface area contributed by atoms with Crippen LogP contribution in [0.25, 0.3) is 0 Å². The van der Waals surface area contributed by atoms with Crippen molar-refractivity contribution in [1.82, 2.24) is 14.8 Å². The summed E-state index contributed by atoms with van der Waals surface area (Å²) < 4.78 is 38.5. The van der Waals surface area contributed by atoms with Crippen molar-refractivity contribution in [3.63, 3.8) is 0 Å². The number of hydrogen-bond acceptors (Lipinski definition) is 3.